The molecular formula is C10H20O4. The van der Waals surface area contributed by atoms with Gasteiger partial charge in [0.1, 0.15) is 12.2 Å². The highest BCUT2D eigenvalue weighted by Gasteiger charge is 2.43. The third-order valence-electron chi connectivity index (χ3n) is 2.19. The number of ether oxygens (including phenoxy) is 2. The molecule has 0 saturated carbocycles. The average Bonchev–Trinajstić information content (AvgIpc) is 2.30. The number of rotatable bonds is 2. The first-order chi connectivity index (χ1) is 6.35. The number of aliphatic hydroxyl groups excluding tert-OH is 2. The molecule has 0 aromatic heterocycles. The fourth-order valence-electron chi connectivity index (χ4n) is 1.50. The summed E-state index contributed by atoms with van der Waals surface area (Å²) in [5.41, 5.74) is -0.381. The van der Waals surface area contributed by atoms with Crippen molar-refractivity contribution in [2.24, 2.45) is 0 Å². The molecule has 0 bridgehead atoms. The highest BCUT2D eigenvalue weighted by Crippen LogP contribution is 2.27. The van der Waals surface area contributed by atoms with Crippen LogP contribution in [0, 0.1) is 0 Å². The van der Waals surface area contributed by atoms with Gasteiger partial charge in [0.2, 0.25) is 0 Å². The van der Waals surface area contributed by atoms with Gasteiger partial charge >= 0.3 is 0 Å². The minimum absolute atomic E-state index is 0.322. The second-order valence-electron chi connectivity index (χ2n) is 4.66. The fraction of sp³-hybridized carbons (Fsp3) is 1.00. The summed E-state index contributed by atoms with van der Waals surface area (Å²) in [5.74, 6) is 0. The first-order valence-corrected chi connectivity index (χ1v) is 5.04. The van der Waals surface area contributed by atoms with Gasteiger partial charge in [0.05, 0.1) is 11.7 Å². The van der Waals surface area contributed by atoms with Gasteiger partial charge in [-0.05, 0) is 27.2 Å². The molecule has 1 unspecified atom stereocenters. The summed E-state index contributed by atoms with van der Waals surface area (Å²) in [6.45, 7) is 7.55. The number of hydrogen-bond donors (Lipinski definition) is 2. The second-order valence-corrected chi connectivity index (χ2v) is 4.66. The maximum atomic E-state index is 9.62. The Balaban J connectivity index is 2.57. The van der Waals surface area contributed by atoms with Crippen LogP contribution in [0.5, 0.6) is 0 Å². The van der Waals surface area contributed by atoms with E-state index in [2.05, 4.69) is 0 Å². The third kappa shape index (κ3) is 2.67. The molecule has 84 valence electrons. The Labute approximate surface area is 84.8 Å². The van der Waals surface area contributed by atoms with E-state index >= 15 is 0 Å². The molecule has 1 fully saturated rings. The lowest BCUT2D eigenvalue weighted by Gasteiger charge is -2.26. The predicted molar refractivity (Wildman–Crippen MR) is 51.8 cm³/mol. The van der Waals surface area contributed by atoms with Crippen LogP contribution in [0.25, 0.3) is 0 Å². The monoisotopic (exact) mass is 204 g/mol. The van der Waals surface area contributed by atoms with Crippen LogP contribution in [0.15, 0.2) is 0 Å². The van der Waals surface area contributed by atoms with Crippen LogP contribution in [-0.2, 0) is 9.47 Å². The zero-order valence-corrected chi connectivity index (χ0v) is 9.23. The topological polar surface area (TPSA) is 58.9 Å². The molecule has 4 atom stereocenters. The van der Waals surface area contributed by atoms with Crippen LogP contribution < -0.4 is 0 Å². The van der Waals surface area contributed by atoms with Crippen molar-refractivity contribution in [3.05, 3.63) is 0 Å². The third-order valence-corrected chi connectivity index (χ3v) is 2.19. The van der Waals surface area contributed by atoms with Crippen LogP contribution in [0.3, 0.4) is 0 Å². The molecule has 0 radical (unpaired) electrons. The molecule has 1 rings (SSSR count). The molecule has 0 amide bonds. The van der Waals surface area contributed by atoms with Crippen molar-refractivity contribution in [1.29, 1.82) is 0 Å². The van der Waals surface area contributed by atoms with Gasteiger partial charge in [0, 0.05) is 0 Å². The molecular weight excluding hydrogens is 184 g/mol. The molecule has 14 heavy (non-hydrogen) atoms. The lowest BCUT2D eigenvalue weighted by Crippen LogP contribution is -2.37. The summed E-state index contributed by atoms with van der Waals surface area (Å²) in [5, 5.41) is 19.2. The van der Waals surface area contributed by atoms with E-state index in [0.29, 0.717) is 6.42 Å². The van der Waals surface area contributed by atoms with Crippen LogP contribution in [0.2, 0.25) is 0 Å². The van der Waals surface area contributed by atoms with Crippen molar-refractivity contribution >= 4 is 0 Å². The van der Waals surface area contributed by atoms with Crippen LogP contribution >= 0.6 is 0 Å². The quantitative estimate of drug-likeness (QED) is 0.693. The van der Waals surface area contributed by atoms with Gasteiger partial charge in [0.15, 0.2) is 6.29 Å². The lowest BCUT2D eigenvalue weighted by atomic mass is 10.1. The SMILES string of the molecule is CC[C@@H]1O[C@@H](OC(C)(C)C)C(O)[C@@H]1O. The minimum atomic E-state index is -0.945. The zero-order valence-electron chi connectivity index (χ0n) is 9.23. The smallest absolute Gasteiger partial charge is 0.187 e. The van der Waals surface area contributed by atoms with Gasteiger partial charge < -0.3 is 19.7 Å². The van der Waals surface area contributed by atoms with Gasteiger partial charge in [-0.25, -0.2) is 0 Å². The van der Waals surface area contributed by atoms with Crippen molar-refractivity contribution in [2.45, 2.75) is 64.3 Å². The second kappa shape index (κ2) is 4.14. The Hall–Kier alpha value is -0.160. The van der Waals surface area contributed by atoms with Crippen LogP contribution in [0.4, 0.5) is 0 Å². The standard InChI is InChI=1S/C10H20O4/c1-5-6-7(11)8(12)9(13-6)14-10(2,3)4/h6-9,11-12H,5H2,1-4H3/t6-,7+,8?,9-/m0/s1. The summed E-state index contributed by atoms with van der Waals surface area (Å²) in [6, 6.07) is 0. The van der Waals surface area contributed by atoms with E-state index in [-0.39, 0.29) is 11.7 Å². The highest BCUT2D eigenvalue weighted by atomic mass is 16.7. The van der Waals surface area contributed by atoms with Crippen molar-refractivity contribution in [3.63, 3.8) is 0 Å². The maximum absolute atomic E-state index is 9.62. The molecule has 0 spiro atoms. The van der Waals surface area contributed by atoms with E-state index < -0.39 is 18.5 Å². The summed E-state index contributed by atoms with van der Waals surface area (Å²) in [7, 11) is 0. The zero-order chi connectivity index (χ0) is 10.9. The number of hydrogen-bond acceptors (Lipinski definition) is 4. The van der Waals surface area contributed by atoms with E-state index in [1.807, 2.05) is 27.7 Å². The summed E-state index contributed by atoms with van der Waals surface area (Å²) < 4.78 is 10.9. The molecule has 4 heteroatoms. The van der Waals surface area contributed by atoms with E-state index in [1.54, 1.807) is 0 Å². The molecule has 2 N–H and O–H groups in total. The van der Waals surface area contributed by atoms with E-state index in [9.17, 15) is 10.2 Å². The first-order valence-electron chi connectivity index (χ1n) is 5.04. The molecule has 0 aromatic carbocycles. The average molecular weight is 204 g/mol. The molecule has 0 aromatic rings. The van der Waals surface area contributed by atoms with Crippen molar-refractivity contribution in [1.82, 2.24) is 0 Å². The van der Waals surface area contributed by atoms with Crippen LogP contribution in [0.1, 0.15) is 34.1 Å². The van der Waals surface area contributed by atoms with Gasteiger partial charge in [-0.1, -0.05) is 6.92 Å². The van der Waals surface area contributed by atoms with Crippen molar-refractivity contribution in [3.8, 4) is 0 Å². The summed E-state index contributed by atoms with van der Waals surface area (Å²) in [6.07, 6.45) is -2.15. The predicted octanol–water partition coefficient (Wildman–Crippen LogP) is 0.658. The molecule has 1 saturated heterocycles. The van der Waals surface area contributed by atoms with Gasteiger partial charge in [-0.3, -0.25) is 0 Å². The molecule has 1 heterocycles. The largest absolute Gasteiger partial charge is 0.387 e. The van der Waals surface area contributed by atoms with Crippen LogP contribution in [-0.4, -0.2) is 40.4 Å². The Morgan fingerprint density at radius 1 is 1.21 bits per heavy atom. The fourth-order valence-corrected chi connectivity index (χ4v) is 1.50. The Morgan fingerprint density at radius 2 is 1.79 bits per heavy atom. The minimum Gasteiger partial charge on any atom is -0.387 e. The Bertz CT molecular complexity index is 187. The molecule has 0 aliphatic carbocycles. The summed E-state index contributed by atoms with van der Waals surface area (Å²) >= 11 is 0. The van der Waals surface area contributed by atoms with Crippen molar-refractivity contribution < 1.29 is 19.7 Å². The van der Waals surface area contributed by atoms with E-state index in [0.717, 1.165) is 0 Å². The Morgan fingerprint density at radius 3 is 2.14 bits per heavy atom. The number of aliphatic hydroxyl groups is 2. The molecule has 1 aliphatic rings. The molecule has 1 aliphatic heterocycles. The highest BCUT2D eigenvalue weighted by molar-refractivity contribution is 4.86. The van der Waals surface area contributed by atoms with Crippen molar-refractivity contribution in [2.75, 3.05) is 0 Å². The Kier molecular flexibility index (Phi) is 3.53. The first kappa shape index (κ1) is 11.9. The summed E-state index contributed by atoms with van der Waals surface area (Å²) in [4.78, 5) is 0. The normalized spacial score (nSPS) is 39.0. The van der Waals surface area contributed by atoms with E-state index in [1.165, 1.54) is 0 Å². The maximum Gasteiger partial charge on any atom is 0.187 e. The van der Waals surface area contributed by atoms with Gasteiger partial charge in [-0.2, -0.15) is 0 Å². The molecule has 4 nitrogen and oxygen atoms in total. The van der Waals surface area contributed by atoms with Gasteiger partial charge in [0.25, 0.3) is 0 Å². The lowest BCUT2D eigenvalue weighted by molar-refractivity contribution is -0.212. The van der Waals surface area contributed by atoms with E-state index in [4.69, 9.17) is 9.47 Å². The van der Waals surface area contributed by atoms with Gasteiger partial charge in [-0.15, -0.1) is 0 Å².